The van der Waals surface area contributed by atoms with E-state index in [1.54, 1.807) is 7.11 Å². The first kappa shape index (κ1) is 32.7. The van der Waals surface area contributed by atoms with E-state index in [1.165, 1.54) is 24.0 Å². The molecule has 0 saturated carbocycles. The fraction of sp³-hybridized carbons (Fsp3) is 0.457. The first-order valence-electron chi connectivity index (χ1n) is 15.1. The molecule has 2 heterocycles. The van der Waals surface area contributed by atoms with Gasteiger partial charge in [-0.3, -0.25) is 9.69 Å². The Bertz CT molecular complexity index is 1310. The number of carbonyl (C=O) groups excluding carboxylic acids is 1. The number of hydrogen-bond donors (Lipinski definition) is 0. The van der Waals surface area contributed by atoms with Gasteiger partial charge in [-0.05, 0) is 98.5 Å². The van der Waals surface area contributed by atoms with Crippen molar-refractivity contribution in [2.45, 2.75) is 63.3 Å². The zero-order chi connectivity index (χ0) is 28.8. The van der Waals surface area contributed by atoms with Gasteiger partial charge in [-0.15, -0.1) is 12.4 Å². The van der Waals surface area contributed by atoms with E-state index >= 15 is 0 Å². The first-order chi connectivity index (χ1) is 19.9. The molecule has 4 nitrogen and oxygen atoms in total. The predicted octanol–water partition coefficient (Wildman–Crippen LogP) is 8.26. The zero-order valence-corrected chi connectivity index (χ0v) is 27.1. The van der Waals surface area contributed by atoms with E-state index in [1.807, 2.05) is 30.3 Å². The van der Waals surface area contributed by atoms with Gasteiger partial charge in [0.05, 0.1) is 23.6 Å². The molecule has 5 rings (SSSR count). The van der Waals surface area contributed by atoms with Gasteiger partial charge >= 0.3 is 0 Å². The molecule has 3 aromatic rings. The van der Waals surface area contributed by atoms with Gasteiger partial charge in [0.25, 0.3) is 0 Å². The maximum absolute atomic E-state index is 13.7. The van der Waals surface area contributed by atoms with Gasteiger partial charge in [0.1, 0.15) is 5.75 Å². The van der Waals surface area contributed by atoms with Crippen LogP contribution in [0.2, 0.25) is 10.0 Å². The third-order valence-corrected chi connectivity index (χ3v) is 10.1. The minimum Gasteiger partial charge on any atom is -0.497 e. The molecule has 0 radical (unpaired) electrons. The highest BCUT2D eigenvalue weighted by atomic mass is 35.5. The molecule has 42 heavy (non-hydrogen) atoms. The van der Waals surface area contributed by atoms with Crippen molar-refractivity contribution in [3.8, 4) is 5.75 Å². The molecule has 0 aliphatic carbocycles. The van der Waals surface area contributed by atoms with Crippen LogP contribution in [0.1, 0.15) is 55.7 Å². The number of likely N-dealkylation sites (tertiary alicyclic amines) is 2. The average Bonchev–Trinajstić information content (AvgIpc) is 3.00. The third kappa shape index (κ3) is 7.45. The molecule has 2 aliphatic heterocycles. The molecule has 2 aliphatic rings. The van der Waals surface area contributed by atoms with Crippen molar-refractivity contribution in [2.24, 2.45) is 5.92 Å². The number of halogens is 3. The number of carbonyl (C=O) groups is 1. The number of ether oxygens (including phenoxy) is 1. The summed E-state index contributed by atoms with van der Waals surface area (Å²) in [5, 5.41) is 1.15. The number of hydrogen-bond acceptors (Lipinski definition) is 3. The Kier molecular flexibility index (Phi) is 11.6. The van der Waals surface area contributed by atoms with E-state index in [0.29, 0.717) is 35.0 Å². The summed E-state index contributed by atoms with van der Waals surface area (Å²) >= 11 is 13.0. The van der Waals surface area contributed by atoms with Crippen molar-refractivity contribution in [2.75, 3.05) is 33.3 Å². The second-order valence-electron chi connectivity index (χ2n) is 11.8. The highest BCUT2D eigenvalue weighted by Crippen LogP contribution is 2.44. The van der Waals surface area contributed by atoms with Crippen LogP contribution in [0.15, 0.2) is 72.8 Å². The molecule has 2 fully saturated rings. The standard InChI is InChI=1S/C35H42Cl2N2O2.ClH/c1-3-33(38-19-15-27(16-20-38)21-26-9-5-4-6-10-26)35(29-13-14-31(36)32(37)24-29)17-8-18-39(25-35)34(40)23-28-11-7-12-30(22-28)41-2;/h4-7,9-14,22,24,27,33H,3,8,15-21,23,25H2,1-2H3;1H. The lowest BCUT2D eigenvalue weighted by molar-refractivity contribution is -0.133. The smallest absolute Gasteiger partial charge is 0.227 e. The van der Waals surface area contributed by atoms with Gasteiger partial charge in [-0.25, -0.2) is 0 Å². The molecule has 2 unspecified atom stereocenters. The van der Waals surface area contributed by atoms with Gasteiger partial charge in [-0.1, -0.05) is 78.7 Å². The number of benzene rings is 3. The summed E-state index contributed by atoms with van der Waals surface area (Å²) in [6, 6.07) is 25.2. The normalized spacial score (nSPS) is 20.5. The van der Waals surface area contributed by atoms with Crippen molar-refractivity contribution in [1.82, 2.24) is 9.80 Å². The SMILES string of the molecule is CCC(N1CCC(Cc2ccccc2)CC1)C1(c2ccc(Cl)c(Cl)c2)CCCN(C(=O)Cc2cccc(OC)c2)C1.Cl. The van der Waals surface area contributed by atoms with E-state index in [-0.39, 0.29) is 23.7 Å². The summed E-state index contributed by atoms with van der Waals surface area (Å²) in [6.07, 6.45) is 6.91. The maximum Gasteiger partial charge on any atom is 0.227 e. The Hall–Kier alpha value is -2.24. The number of nitrogens with zero attached hydrogens (tertiary/aromatic N) is 2. The van der Waals surface area contributed by atoms with Gasteiger partial charge in [0.2, 0.25) is 5.91 Å². The monoisotopic (exact) mass is 628 g/mol. The van der Waals surface area contributed by atoms with Crippen molar-refractivity contribution in [1.29, 1.82) is 0 Å². The van der Waals surface area contributed by atoms with Crippen LogP contribution in [0.25, 0.3) is 0 Å². The fourth-order valence-corrected chi connectivity index (χ4v) is 7.58. The van der Waals surface area contributed by atoms with Crippen LogP contribution in [0.3, 0.4) is 0 Å². The van der Waals surface area contributed by atoms with E-state index in [4.69, 9.17) is 27.9 Å². The zero-order valence-electron chi connectivity index (χ0n) is 24.7. The molecular weight excluding hydrogens is 587 g/mol. The van der Waals surface area contributed by atoms with Crippen LogP contribution in [0.4, 0.5) is 0 Å². The van der Waals surface area contributed by atoms with Crippen LogP contribution >= 0.6 is 35.6 Å². The molecule has 226 valence electrons. The molecule has 0 spiro atoms. The Morgan fingerprint density at radius 1 is 0.952 bits per heavy atom. The van der Waals surface area contributed by atoms with Crippen molar-refractivity contribution in [3.63, 3.8) is 0 Å². The van der Waals surface area contributed by atoms with E-state index in [9.17, 15) is 4.79 Å². The lowest BCUT2D eigenvalue weighted by Gasteiger charge is -2.52. The average molecular weight is 630 g/mol. The van der Waals surface area contributed by atoms with Crippen LogP contribution in [-0.4, -0.2) is 55.0 Å². The summed E-state index contributed by atoms with van der Waals surface area (Å²) < 4.78 is 5.39. The van der Waals surface area contributed by atoms with Crippen LogP contribution in [-0.2, 0) is 23.1 Å². The fourth-order valence-electron chi connectivity index (χ4n) is 7.29. The molecule has 7 heteroatoms. The van der Waals surface area contributed by atoms with Crippen molar-refractivity contribution < 1.29 is 9.53 Å². The largest absolute Gasteiger partial charge is 0.497 e. The molecule has 0 N–H and O–H groups in total. The van der Waals surface area contributed by atoms with E-state index < -0.39 is 0 Å². The summed E-state index contributed by atoms with van der Waals surface area (Å²) in [5.74, 6) is 1.65. The van der Waals surface area contributed by atoms with E-state index in [2.05, 4.69) is 59.2 Å². The molecule has 0 bridgehead atoms. The third-order valence-electron chi connectivity index (χ3n) is 9.34. The minimum absolute atomic E-state index is 0. The Balaban J connectivity index is 0.00000405. The number of rotatable bonds is 9. The predicted molar refractivity (Wildman–Crippen MR) is 176 cm³/mol. The Morgan fingerprint density at radius 2 is 1.69 bits per heavy atom. The molecule has 2 saturated heterocycles. The highest BCUT2D eigenvalue weighted by molar-refractivity contribution is 6.42. The van der Waals surface area contributed by atoms with Gasteiger partial charge < -0.3 is 9.64 Å². The molecule has 1 amide bonds. The second kappa shape index (κ2) is 15.0. The minimum atomic E-state index is -0.211. The lowest BCUT2D eigenvalue weighted by Crippen LogP contribution is -2.60. The molecule has 2 atom stereocenters. The molecule has 3 aromatic carbocycles. The molecule has 0 aromatic heterocycles. The number of amides is 1. The Morgan fingerprint density at radius 3 is 2.38 bits per heavy atom. The van der Waals surface area contributed by atoms with Crippen molar-refractivity contribution >= 4 is 41.5 Å². The van der Waals surface area contributed by atoms with Gasteiger partial charge in [-0.2, -0.15) is 0 Å². The summed E-state index contributed by atoms with van der Waals surface area (Å²) in [7, 11) is 1.66. The maximum atomic E-state index is 13.7. The summed E-state index contributed by atoms with van der Waals surface area (Å²) in [5.41, 5.74) is 3.40. The van der Waals surface area contributed by atoms with Crippen LogP contribution < -0.4 is 4.74 Å². The second-order valence-corrected chi connectivity index (χ2v) is 12.6. The van der Waals surface area contributed by atoms with Gasteiger partial charge in [0.15, 0.2) is 0 Å². The van der Waals surface area contributed by atoms with Crippen LogP contribution in [0.5, 0.6) is 5.75 Å². The quantitative estimate of drug-likeness (QED) is 0.239. The topological polar surface area (TPSA) is 32.8 Å². The summed E-state index contributed by atoms with van der Waals surface area (Å²) in [6.45, 7) is 5.93. The summed E-state index contributed by atoms with van der Waals surface area (Å²) in [4.78, 5) is 18.5. The number of piperidine rings is 2. The first-order valence-corrected chi connectivity index (χ1v) is 15.8. The van der Waals surface area contributed by atoms with Crippen molar-refractivity contribution in [3.05, 3.63) is 99.5 Å². The van der Waals surface area contributed by atoms with E-state index in [0.717, 1.165) is 56.6 Å². The lowest BCUT2D eigenvalue weighted by atomic mass is 9.66. The van der Waals surface area contributed by atoms with Gasteiger partial charge in [0, 0.05) is 24.5 Å². The molecular formula is C35H43Cl3N2O2. The highest BCUT2D eigenvalue weighted by Gasteiger charge is 2.47. The number of methoxy groups -OCH3 is 1. The van der Waals surface area contributed by atoms with Crippen LogP contribution in [0, 0.1) is 5.92 Å². The Labute approximate surface area is 267 Å².